The molecule has 1 aromatic carbocycles. The van der Waals surface area contributed by atoms with Gasteiger partial charge in [0.15, 0.2) is 6.10 Å². The zero-order valence-electron chi connectivity index (χ0n) is 16.1. The first-order valence-corrected chi connectivity index (χ1v) is 10.1. The van der Waals surface area contributed by atoms with E-state index in [2.05, 4.69) is 5.32 Å². The minimum absolute atomic E-state index is 0.0994. The molecule has 1 unspecified atom stereocenters. The van der Waals surface area contributed by atoms with E-state index in [4.69, 9.17) is 37.4 Å². The molecule has 1 heterocycles. The predicted molar refractivity (Wildman–Crippen MR) is 112 cm³/mol. The van der Waals surface area contributed by atoms with Crippen molar-refractivity contribution in [2.75, 3.05) is 19.0 Å². The van der Waals surface area contributed by atoms with Crippen LogP contribution in [0.5, 0.6) is 5.75 Å². The van der Waals surface area contributed by atoms with Crippen LogP contribution in [0, 0.1) is 6.92 Å². The normalized spacial score (nSPS) is 11.5. The topological polar surface area (TPSA) is 90.9 Å². The third-order valence-corrected chi connectivity index (χ3v) is 5.52. The number of ether oxygens (including phenoxy) is 3. The summed E-state index contributed by atoms with van der Waals surface area (Å²) in [6.45, 7) is 4.90. The molecule has 2 aromatic rings. The first-order valence-electron chi connectivity index (χ1n) is 8.50. The number of halogens is 2. The highest BCUT2D eigenvalue weighted by Gasteiger charge is 2.28. The molecular formula is C19H19Cl2NO6S. The maximum absolute atomic E-state index is 12.6. The fourth-order valence-electron chi connectivity index (χ4n) is 2.37. The van der Waals surface area contributed by atoms with Gasteiger partial charge in [-0.25, -0.2) is 9.59 Å². The number of rotatable bonds is 7. The fourth-order valence-corrected chi connectivity index (χ4v) is 3.94. The number of anilines is 1. The summed E-state index contributed by atoms with van der Waals surface area (Å²) in [5.41, 5.74) is 0.465. The van der Waals surface area contributed by atoms with Crippen molar-refractivity contribution in [1.82, 2.24) is 0 Å². The molecule has 0 fully saturated rings. The molecule has 2 rings (SSSR count). The number of hydrogen-bond donors (Lipinski definition) is 1. The molecule has 0 radical (unpaired) electrons. The molecule has 29 heavy (non-hydrogen) atoms. The number of thiophene rings is 1. The second kappa shape index (κ2) is 9.96. The molecule has 1 N–H and O–H groups in total. The van der Waals surface area contributed by atoms with Crippen LogP contribution in [-0.4, -0.2) is 37.7 Å². The fraction of sp³-hybridized carbons (Fsp3) is 0.316. The van der Waals surface area contributed by atoms with Crippen LogP contribution in [0.15, 0.2) is 18.2 Å². The van der Waals surface area contributed by atoms with Gasteiger partial charge in [-0.1, -0.05) is 23.2 Å². The van der Waals surface area contributed by atoms with Gasteiger partial charge in [-0.3, -0.25) is 4.79 Å². The molecule has 0 aliphatic carbocycles. The van der Waals surface area contributed by atoms with Crippen molar-refractivity contribution in [3.63, 3.8) is 0 Å². The third kappa shape index (κ3) is 5.41. The van der Waals surface area contributed by atoms with Crippen molar-refractivity contribution in [3.05, 3.63) is 44.2 Å². The zero-order valence-corrected chi connectivity index (χ0v) is 18.5. The SMILES string of the molecule is CCOC(=O)c1c(NC(=O)C(C)Oc2ccc(Cl)cc2Cl)sc(C(=O)OC)c1C. The molecule has 156 valence electrons. The van der Waals surface area contributed by atoms with Gasteiger partial charge in [0, 0.05) is 5.02 Å². The van der Waals surface area contributed by atoms with Gasteiger partial charge < -0.3 is 19.5 Å². The van der Waals surface area contributed by atoms with Crippen molar-refractivity contribution in [2.24, 2.45) is 0 Å². The summed E-state index contributed by atoms with van der Waals surface area (Å²) in [6, 6.07) is 4.62. The van der Waals surface area contributed by atoms with E-state index in [0.717, 1.165) is 11.3 Å². The average Bonchev–Trinajstić information content (AvgIpc) is 2.99. The second-order valence-corrected chi connectivity index (χ2v) is 7.66. The van der Waals surface area contributed by atoms with E-state index in [-0.39, 0.29) is 32.8 Å². The van der Waals surface area contributed by atoms with Crippen molar-refractivity contribution < 1.29 is 28.6 Å². The molecule has 1 atom stereocenters. The summed E-state index contributed by atoms with van der Waals surface area (Å²) in [4.78, 5) is 37.1. The van der Waals surface area contributed by atoms with Crippen LogP contribution in [-0.2, 0) is 14.3 Å². The van der Waals surface area contributed by atoms with E-state index in [0.29, 0.717) is 10.6 Å². The van der Waals surface area contributed by atoms with Gasteiger partial charge in [-0.2, -0.15) is 0 Å². The summed E-state index contributed by atoms with van der Waals surface area (Å²) in [6.07, 6.45) is -0.951. The van der Waals surface area contributed by atoms with Crippen LogP contribution < -0.4 is 10.1 Å². The highest BCUT2D eigenvalue weighted by atomic mass is 35.5. The molecule has 10 heteroatoms. The van der Waals surface area contributed by atoms with E-state index in [1.165, 1.54) is 20.1 Å². The second-order valence-electron chi connectivity index (χ2n) is 5.80. The van der Waals surface area contributed by atoms with Crippen LogP contribution in [0.1, 0.15) is 39.4 Å². The van der Waals surface area contributed by atoms with Gasteiger partial charge in [0.1, 0.15) is 15.6 Å². The maximum atomic E-state index is 12.6. The van der Waals surface area contributed by atoms with E-state index in [1.807, 2.05) is 0 Å². The van der Waals surface area contributed by atoms with Crippen molar-refractivity contribution in [1.29, 1.82) is 0 Å². The van der Waals surface area contributed by atoms with Crippen molar-refractivity contribution >= 4 is 57.4 Å². The van der Waals surface area contributed by atoms with Crippen LogP contribution in [0.4, 0.5) is 5.00 Å². The van der Waals surface area contributed by atoms with Crippen LogP contribution >= 0.6 is 34.5 Å². The molecule has 1 aromatic heterocycles. The number of esters is 2. The van der Waals surface area contributed by atoms with Crippen LogP contribution in [0.2, 0.25) is 10.0 Å². The monoisotopic (exact) mass is 459 g/mol. The lowest BCUT2D eigenvalue weighted by atomic mass is 10.1. The number of carbonyl (C=O) groups excluding carboxylic acids is 3. The zero-order chi connectivity index (χ0) is 21.7. The van der Waals surface area contributed by atoms with Gasteiger partial charge >= 0.3 is 11.9 Å². The summed E-state index contributed by atoms with van der Waals surface area (Å²) in [7, 11) is 1.23. The number of benzene rings is 1. The highest BCUT2D eigenvalue weighted by Crippen LogP contribution is 2.35. The number of carbonyl (C=O) groups is 3. The lowest BCUT2D eigenvalue weighted by molar-refractivity contribution is -0.122. The van der Waals surface area contributed by atoms with Gasteiger partial charge in [0.05, 0.1) is 24.3 Å². The maximum Gasteiger partial charge on any atom is 0.348 e. The molecule has 0 saturated carbocycles. The van der Waals surface area contributed by atoms with Crippen molar-refractivity contribution in [2.45, 2.75) is 26.9 Å². The Bertz CT molecular complexity index is 943. The Hall–Kier alpha value is -2.29. The molecule has 0 aliphatic rings. The van der Waals surface area contributed by atoms with Crippen molar-refractivity contribution in [3.8, 4) is 5.75 Å². The minimum Gasteiger partial charge on any atom is -0.479 e. The lowest BCUT2D eigenvalue weighted by Crippen LogP contribution is -2.30. The largest absolute Gasteiger partial charge is 0.479 e. The number of methoxy groups -OCH3 is 1. The summed E-state index contributed by atoms with van der Waals surface area (Å²) in [5, 5.41) is 3.48. The van der Waals surface area contributed by atoms with Gasteiger partial charge in [0.2, 0.25) is 0 Å². The number of nitrogens with one attached hydrogen (secondary N) is 1. The summed E-state index contributed by atoms with van der Waals surface area (Å²) >= 11 is 12.8. The predicted octanol–water partition coefficient (Wildman–Crippen LogP) is 4.73. The van der Waals surface area contributed by atoms with Gasteiger partial charge in [0.25, 0.3) is 5.91 Å². The summed E-state index contributed by atoms with van der Waals surface area (Å²) < 4.78 is 15.4. The Labute approximate surface area is 181 Å². The van der Waals surface area contributed by atoms with E-state index < -0.39 is 23.9 Å². The Morgan fingerprint density at radius 2 is 1.90 bits per heavy atom. The minimum atomic E-state index is -0.951. The molecule has 7 nitrogen and oxygen atoms in total. The van der Waals surface area contributed by atoms with Crippen LogP contribution in [0.25, 0.3) is 0 Å². The Morgan fingerprint density at radius 3 is 2.48 bits per heavy atom. The molecule has 0 bridgehead atoms. The summed E-state index contributed by atoms with van der Waals surface area (Å²) in [5.74, 6) is -1.53. The van der Waals surface area contributed by atoms with Gasteiger partial charge in [-0.05, 0) is 44.5 Å². The number of amides is 1. The average molecular weight is 460 g/mol. The van der Waals surface area contributed by atoms with Crippen LogP contribution in [0.3, 0.4) is 0 Å². The third-order valence-electron chi connectivity index (χ3n) is 3.80. The Balaban J connectivity index is 2.27. The smallest absolute Gasteiger partial charge is 0.348 e. The van der Waals surface area contributed by atoms with E-state index in [9.17, 15) is 14.4 Å². The lowest BCUT2D eigenvalue weighted by Gasteiger charge is -2.15. The Kier molecular flexibility index (Phi) is 7.89. The van der Waals surface area contributed by atoms with Gasteiger partial charge in [-0.15, -0.1) is 11.3 Å². The Morgan fingerprint density at radius 1 is 1.21 bits per heavy atom. The quantitative estimate of drug-likeness (QED) is 0.601. The van der Waals surface area contributed by atoms with E-state index >= 15 is 0 Å². The molecule has 0 saturated heterocycles. The standard InChI is InChI=1S/C19H19Cl2NO6S/c1-5-27-18(24)14-9(2)15(19(25)26-4)29-17(14)22-16(23)10(3)28-13-7-6-11(20)8-12(13)21/h6-8,10H,5H2,1-4H3,(H,22,23). The molecule has 1 amide bonds. The first kappa shape index (κ1) is 23.0. The van der Waals surface area contributed by atoms with E-state index in [1.54, 1.807) is 26.0 Å². The molecular weight excluding hydrogens is 441 g/mol. The highest BCUT2D eigenvalue weighted by molar-refractivity contribution is 7.18. The number of hydrogen-bond acceptors (Lipinski definition) is 7. The first-order chi connectivity index (χ1) is 13.7. The molecule has 0 spiro atoms. The molecule has 0 aliphatic heterocycles.